The molecule has 1 heterocycles. The number of nitrogen functional groups attached to an aromatic ring is 1. The number of anilines is 1. The van der Waals surface area contributed by atoms with E-state index in [-0.39, 0.29) is 5.41 Å². The second kappa shape index (κ2) is 5.12. The molecule has 0 aliphatic heterocycles. The van der Waals surface area contributed by atoms with Crippen LogP contribution in [-0.4, -0.2) is 9.55 Å². The second-order valence-corrected chi connectivity index (χ2v) is 7.27. The molecule has 0 fully saturated rings. The van der Waals surface area contributed by atoms with Gasteiger partial charge in [-0.2, -0.15) is 0 Å². The molecule has 1 aromatic heterocycles. The van der Waals surface area contributed by atoms with Gasteiger partial charge >= 0.3 is 0 Å². The number of fused-ring (bicyclic) bond motifs is 1. The molecule has 2 aromatic rings. The average molecular weight is 273 g/mol. The Labute approximate surface area is 122 Å². The summed E-state index contributed by atoms with van der Waals surface area (Å²) in [5.74, 6) is 2.42. The van der Waals surface area contributed by atoms with Gasteiger partial charge in [0.1, 0.15) is 5.82 Å². The molecule has 1 aromatic carbocycles. The van der Waals surface area contributed by atoms with Crippen molar-refractivity contribution in [3.63, 3.8) is 0 Å². The molecular weight excluding hydrogens is 246 g/mol. The van der Waals surface area contributed by atoms with Gasteiger partial charge < -0.3 is 10.3 Å². The smallest absolute Gasteiger partial charge is 0.115 e. The first-order valence-electron chi connectivity index (χ1n) is 7.46. The number of benzene rings is 1. The average Bonchev–Trinajstić information content (AvgIpc) is 2.66. The molecule has 110 valence electrons. The zero-order valence-corrected chi connectivity index (χ0v) is 13.6. The molecule has 1 unspecified atom stereocenters. The Balaban J connectivity index is 2.59. The highest BCUT2D eigenvalue weighted by Gasteiger charge is 2.24. The quantitative estimate of drug-likeness (QED) is 0.851. The highest BCUT2D eigenvalue weighted by molar-refractivity contribution is 5.79. The number of aromatic nitrogens is 2. The second-order valence-electron chi connectivity index (χ2n) is 7.27. The molecule has 3 heteroatoms. The Morgan fingerprint density at radius 2 is 1.85 bits per heavy atom. The first-order valence-corrected chi connectivity index (χ1v) is 7.46. The van der Waals surface area contributed by atoms with Crippen molar-refractivity contribution in [2.24, 2.45) is 11.8 Å². The lowest BCUT2D eigenvalue weighted by molar-refractivity contribution is 0.353. The van der Waals surface area contributed by atoms with Gasteiger partial charge in [0.25, 0.3) is 0 Å². The van der Waals surface area contributed by atoms with E-state index in [9.17, 15) is 0 Å². The Kier molecular flexibility index (Phi) is 3.81. The number of hydrogen-bond acceptors (Lipinski definition) is 2. The van der Waals surface area contributed by atoms with E-state index < -0.39 is 0 Å². The van der Waals surface area contributed by atoms with Gasteiger partial charge in [0.05, 0.1) is 11.0 Å². The minimum atomic E-state index is 0.0322. The third-order valence-corrected chi connectivity index (χ3v) is 4.05. The molecule has 2 rings (SSSR count). The van der Waals surface area contributed by atoms with Gasteiger partial charge in [0.15, 0.2) is 0 Å². The molecule has 0 saturated heterocycles. The first kappa shape index (κ1) is 14.9. The zero-order valence-electron chi connectivity index (χ0n) is 13.6. The van der Waals surface area contributed by atoms with Gasteiger partial charge in [-0.15, -0.1) is 0 Å². The monoisotopic (exact) mass is 273 g/mol. The van der Waals surface area contributed by atoms with Crippen molar-refractivity contribution in [1.29, 1.82) is 0 Å². The van der Waals surface area contributed by atoms with Gasteiger partial charge in [-0.1, -0.05) is 41.5 Å². The molecule has 0 saturated carbocycles. The Morgan fingerprint density at radius 3 is 2.40 bits per heavy atom. The number of imidazole rings is 1. The highest BCUT2D eigenvalue weighted by Crippen LogP contribution is 2.29. The molecular formula is C17H27N3. The minimum absolute atomic E-state index is 0.0322. The van der Waals surface area contributed by atoms with Crippen molar-refractivity contribution < 1.29 is 0 Å². The van der Waals surface area contributed by atoms with Crippen LogP contribution in [0.15, 0.2) is 18.2 Å². The third-order valence-electron chi connectivity index (χ3n) is 4.05. The van der Waals surface area contributed by atoms with Crippen molar-refractivity contribution in [3.05, 3.63) is 24.0 Å². The van der Waals surface area contributed by atoms with Gasteiger partial charge in [0, 0.05) is 17.6 Å². The van der Waals surface area contributed by atoms with E-state index in [1.54, 1.807) is 0 Å². The van der Waals surface area contributed by atoms with Gasteiger partial charge in [-0.3, -0.25) is 0 Å². The lowest BCUT2D eigenvalue weighted by Crippen LogP contribution is -2.22. The summed E-state index contributed by atoms with van der Waals surface area (Å²) in [5, 5.41) is 0. The topological polar surface area (TPSA) is 43.8 Å². The number of rotatable bonds is 3. The molecule has 0 aliphatic carbocycles. The van der Waals surface area contributed by atoms with Crippen molar-refractivity contribution in [2.45, 2.75) is 53.5 Å². The van der Waals surface area contributed by atoms with Crippen LogP contribution in [0.5, 0.6) is 0 Å². The molecule has 20 heavy (non-hydrogen) atoms. The predicted octanol–water partition coefficient (Wildman–Crippen LogP) is 4.21. The molecule has 1 atom stereocenters. The Bertz CT molecular complexity index is 602. The van der Waals surface area contributed by atoms with E-state index in [1.165, 1.54) is 5.52 Å². The molecule has 3 nitrogen and oxygen atoms in total. The lowest BCUT2D eigenvalue weighted by Gasteiger charge is -2.24. The maximum absolute atomic E-state index is 5.89. The number of hydrogen-bond donors (Lipinski definition) is 1. The van der Waals surface area contributed by atoms with Crippen LogP contribution in [-0.2, 0) is 12.0 Å². The van der Waals surface area contributed by atoms with Crippen molar-refractivity contribution >= 4 is 16.7 Å². The lowest BCUT2D eigenvalue weighted by atomic mass is 9.94. The van der Waals surface area contributed by atoms with E-state index in [4.69, 9.17) is 10.7 Å². The molecule has 0 radical (unpaired) electrons. The first-order chi connectivity index (χ1) is 9.20. The van der Waals surface area contributed by atoms with E-state index in [2.05, 4.69) is 52.2 Å². The van der Waals surface area contributed by atoms with E-state index in [1.807, 2.05) is 12.1 Å². The van der Waals surface area contributed by atoms with Crippen LogP contribution in [0.4, 0.5) is 5.69 Å². The highest BCUT2D eigenvalue weighted by atomic mass is 15.1. The van der Waals surface area contributed by atoms with Gasteiger partial charge in [-0.25, -0.2) is 4.98 Å². The van der Waals surface area contributed by atoms with Gasteiger partial charge in [0.2, 0.25) is 0 Å². The minimum Gasteiger partial charge on any atom is -0.399 e. The Morgan fingerprint density at radius 1 is 1.20 bits per heavy atom. The summed E-state index contributed by atoms with van der Waals surface area (Å²) in [6.45, 7) is 14.5. The summed E-state index contributed by atoms with van der Waals surface area (Å²) in [6.07, 6.45) is 0. The normalized spacial score (nSPS) is 14.2. The van der Waals surface area contributed by atoms with Gasteiger partial charge in [-0.05, 0) is 30.0 Å². The van der Waals surface area contributed by atoms with Crippen LogP contribution >= 0.6 is 0 Å². The maximum Gasteiger partial charge on any atom is 0.115 e. The summed E-state index contributed by atoms with van der Waals surface area (Å²) in [7, 11) is 0. The number of nitrogens with two attached hydrogens (primary N) is 1. The van der Waals surface area contributed by atoms with Crippen LogP contribution < -0.4 is 5.73 Å². The molecule has 0 aliphatic rings. The summed E-state index contributed by atoms with van der Waals surface area (Å²) < 4.78 is 2.37. The van der Waals surface area contributed by atoms with Crippen molar-refractivity contribution in [1.82, 2.24) is 9.55 Å². The van der Waals surface area contributed by atoms with Crippen LogP contribution in [0.2, 0.25) is 0 Å². The molecule has 0 amide bonds. The fourth-order valence-electron chi connectivity index (χ4n) is 2.40. The van der Waals surface area contributed by atoms with Crippen LogP contribution in [0.3, 0.4) is 0 Å². The van der Waals surface area contributed by atoms with Crippen LogP contribution in [0, 0.1) is 11.8 Å². The largest absolute Gasteiger partial charge is 0.399 e. The molecule has 0 bridgehead atoms. The Hall–Kier alpha value is -1.51. The fourth-order valence-corrected chi connectivity index (χ4v) is 2.40. The van der Waals surface area contributed by atoms with Crippen LogP contribution in [0.25, 0.3) is 11.0 Å². The fraction of sp³-hybridized carbons (Fsp3) is 0.588. The summed E-state index contributed by atoms with van der Waals surface area (Å²) >= 11 is 0. The predicted molar refractivity (Wildman–Crippen MR) is 86.8 cm³/mol. The van der Waals surface area contributed by atoms with E-state index in [0.29, 0.717) is 11.8 Å². The van der Waals surface area contributed by atoms with E-state index in [0.717, 1.165) is 23.6 Å². The summed E-state index contributed by atoms with van der Waals surface area (Å²) in [6, 6.07) is 6.04. The standard InChI is InChI=1S/C17H27N3/c1-11(2)12(3)10-20-15-8-7-13(18)9-14(15)19-16(20)17(4,5)6/h7-9,11-12H,10,18H2,1-6H3. The van der Waals surface area contributed by atoms with Crippen LogP contribution in [0.1, 0.15) is 47.4 Å². The third kappa shape index (κ3) is 2.82. The molecule has 0 spiro atoms. The number of nitrogens with zero attached hydrogens (tertiary/aromatic N) is 2. The summed E-state index contributed by atoms with van der Waals surface area (Å²) in [5.41, 5.74) is 8.90. The molecule has 2 N–H and O–H groups in total. The SMILES string of the molecule is CC(C)C(C)Cn1c(C(C)(C)C)nc2cc(N)ccc21. The van der Waals surface area contributed by atoms with E-state index >= 15 is 0 Å². The maximum atomic E-state index is 5.89. The summed E-state index contributed by atoms with van der Waals surface area (Å²) in [4.78, 5) is 4.84. The van der Waals surface area contributed by atoms with Crippen molar-refractivity contribution in [3.8, 4) is 0 Å². The van der Waals surface area contributed by atoms with Crippen molar-refractivity contribution in [2.75, 3.05) is 5.73 Å². The zero-order chi connectivity index (χ0) is 15.1.